The van der Waals surface area contributed by atoms with E-state index in [2.05, 4.69) is 19.2 Å². The van der Waals surface area contributed by atoms with E-state index >= 15 is 0 Å². The molecule has 10 heteroatoms. The second-order valence-corrected chi connectivity index (χ2v) is 6.69. The molecule has 1 aromatic carbocycles. The van der Waals surface area contributed by atoms with Crippen LogP contribution in [0.3, 0.4) is 0 Å². The number of amides is 1. The number of nitrogens with zero attached hydrogens (tertiary/aromatic N) is 1. The number of benzene rings is 1. The molecule has 0 heterocycles. The van der Waals surface area contributed by atoms with Gasteiger partial charge in [-0.25, -0.2) is 0 Å². The first-order valence-electron chi connectivity index (χ1n) is 9.06. The molecule has 7 nitrogen and oxygen atoms in total. The molecule has 0 fully saturated rings. The quantitative estimate of drug-likeness (QED) is 0.532. The molecule has 1 amide bonds. The Bertz CT molecular complexity index is 636. The molecular weight excluding hydrogens is 393 g/mol. The third-order valence-electron chi connectivity index (χ3n) is 3.60. The van der Waals surface area contributed by atoms with Gasteiger partial charge in [-0.05, 0) is 5.56 Å². The summed E-state index contributed by atoms with van der Waals surface area (Å²) in [7, 11) is 0. The molecular formula is C19H27F3N2O5. The summed E-state index contributed by atoms with van der Waals surface area (Å²) in [6.07, 6.45) is -4.77. The fourth-order valence-corrected chi connectivity index (χ4v) is 2.16. The zero-order valence-corrected chi connectivity index (χ0v) is 16.4. The number of hydrogen-bond donors (Lipinski definition) is 2. The summed E-state index contributed by atoms with van der Waals surface area (Å²) in [5, 5.41) is 19.8. The Morgan fingerprint density at radius 3 is 2.14 bits per heavy atom. The van der Waals surface area contributed by atoms with E-state index in [0.29, 0.717) is 18.9 Å². The molecule has 0 saturated carbocycles. The molecule has 29 heavy (non-hydrogen) atoms. The highest BCUT2D eigenvalue weighted by molar-refractivity contribution is 5.77. The highest BCUT2D eigenvalue weighted by atomic mass is 19.4. The van der Waals surface area contributed by atoms with E-state index in [1.165, 1.54) is 0 Å². The van der Waals surface area contributed by atoms with Gasteiger partial charge in [0, 0.05) is 19.0 Å². The Labute approximate surface area is 167 Å². The number of carbonyl (C=O) groups is 3. The lowest BCUT2D eigenvalue weighted by Gasteiger charge is -2.22. The summed E-state index contributed by atoms with van der Waals surface area (Å²) in [5.41, 5.74) is 1.02. The number of carbonyl (C=O) groups excluding carboxylic acids is 2. The molecule has 0 aromatic heterocycles. The fraction of sp³-hybridized carbons (Fsp3) is 0.526. The molecule has 0 saturated heterocycles. The van der Waals surface area contributed by atoms with Crippen LogP contribution in [0.1, 0.15) is 32.3 Å². The maximum absolute atomic E-state index is 12.3. The molecule has 0 aliphatic heterocycles. The van der Waals surface area contributed by atoms with Crippen LogP contribution < -0.4 is 10.4 Å². The van der Waals surface area contributed by atoms with Gasteiger partial charge >= 0.3 is 12.1 Å². The summed E-state index contributed by atoms with van der Waals surface area (Å²) in [6.45, 7) is 6.76. The van der Waals surface area contributed by atoms with Crippen molar-refractivity contribution in [2.45, 2.75) is 39.4 Å². The third-order valence-corrected chi connectivity index (χ3v) is 3.60. The minimum absolute atomic E-state index is 0.0186. The summed E-state index contributed by atoms with van der Waals surface area (Å²) in [6, 6.07) is 9.67. The van der Waals surface area contributed by atoms with Crippen molar-refractivity contribution >= 4 is 17.8 Å². The van der Waals surface area contributed by atoms with Crippen LogP contribution in [-0.2, 0) is 20.9 Å². The van der Waals surface area contributed by atoms with Gasteiger partial charge in [0.25, 0.3) is 0 Å². The number of rotatable bonds is 10. The number of quaternary nitrogens is 1. The van der Waals surface area contributed by atoms with Gasteiger partial charge < -0.3 is 25.2 Å². The zero-order chi connectivity index (χ0) is 22.4. The Hall–Kier alpha value is -2.62. The number of aliphatic carboxylic acids is 2. The van der Waals surface area contributed by atoms with Crippen LogP contribution in [0, 0.1) is 5.92 Å². The molecule has 0 atom stereocenters. The standard InChI is InChI=1S/C17H26N2O3.C2HF3O2/c1-14(2)12-18-10-8-16(20)19(11-9-17(21)22)13-15-6-4-3-5-7-15;3-2(4,5)1(6)7/h3-7,14,18H,8-13H2,1-2H3,(H,21,22);(H,6,7). The van der Waals surface area contributed by atoms with E-state index in [0.717, 1.165) is 18.7 Å². The average Bonchev–Trinajstić information content (AvgIpc) is 2.62. The smallest absolute Gasteiger partial charge is 0.430 e. The first-order valence-corrected chi connectivity index (χ1v) is 9.06. The Morgan fingerprint density at radius 2 is 1.69 bits per heavy atom. The van der Waals surface area contributed by atoms with Crippen molar-refractivity contribution in [3.8, 4) is 0 Å². The first kappa shape index (κ1) is 26.4. The lowest BCUT2D eigenvalue weighted by atomic mass is 10.2. The molecule has 0 aliphatic carbocycles. The highest BCUT2D eigenvalue weighted by Crippen LogP contribution is 2.11. The van der Waals surface area contributed by atoms with Crippen molar-refractivity contribution in [3.63, 3.8) is 0 Å². The Morgan fingerprint density at radius 1 is 1.14 bits per heavy atom. The van der Waals surface area contributed by atoms with Gasteiger partial charge in [-0.3, -0.25) is 9.59 Å². The monoisotopic (exact) mass is 420 g/mol. The summed E-state index contributed by atoms with van der Waals surface area (Å²) in [5.74, 6) is -3.27. The van der Waals surface area contributed by atoms with Crippen LogP contribution in [0.5, 0.6) is 0 Å². The normalized spacial score (nSPS) is 10.8. The fourth-order valence-electron chi connectivity index (χ4n) is 2.16. The molecule has 0 radical (unpaired) electrons. The van der Waals surface area contributed by atoms with Crippen LogP contribution in [0.4, 0.5) is 13.2 Å². The predicted molar refractivity (Wildman–Crippen MR) is 96.3 cm³/mol. The third kappa shape index (κ3) is 14.1. The van der Waals surface area contributed by atoms with Crippen LogP contribution >= 0.6 is 0 Å². The molecule has 3 N–H and O–H groups in total. The van der Waals surface area contributed by atoms with Gasteiger partial charge in [0.2, 0.25) is 5.91 Å². The molecule has 1 aromatic rings. The van der Waals surface area contributed by atoms with Gasteiger partial charge in [-0.15, -0.1) is 0 Å². The number of nitrogens with two attached hydrogens (primary N) is 1. The molecule has 1 rings (SSSR count). The van der Waals surface area contributed by atoms with Crippen LogP contribution in [-0.4, -0.2) is 53.7 Å². The Balaban J connectivity index is 0.000000956. The summed E-state index contributed by atoms with van der Waals surface area (Å²) >= 11 is 0. The van der Waals surface area contributed by atoms with E-state index in [1.54, 1.807) is 4.90 Å². The zero-order valence-electron chi connectivity index (χ0n) is 16.4. The Kier molecular flexibility index (Phi) is 12.3. The molecule has 0 bridgehead atoms. The van der Waals surface area contributed by atoms with Crippen molar-refractivity contribution in [2.24, 2.45) is 5.92 Å². The van der Waals surface area contributed by atoms with Crippen LogP contribution in [0.25, 0.3) is 0 Å². The largest absolute Gasteiger partial charge is 0.542 e. The number of carboxylic acids is 2. The second-order valence-electron chi connectivity index (χ2n) is 6.69. The minimum Gasteiger partial charge on any atom is -0.542 e. The van der Waals surface area contributed by atoms with Gasteiger partial charge in [0.05, 0.1) is 25.9 Å². The van der Waals surface area contributed by atoms with Crippen LogP contribution in [0.2, 0.25) is 0 Å². The number of alkyl halides is 3. The lowest BCUT2D eigenvalue weighted by Crippen LogP contribution is -2.85. The lowest BCUT2D eigenvalue weighted by molar-refractivity contribution is -0.658. The summed E-state index contributed by atoms with van der Waals surface area (Å²) in [4.78, 5) is 33.5. The molecule has 0 unspecified atom stereocenters. The number of carboxylic acid groups (broad SMARTS) is 2. The molecule has 0 spiro atoms. The highest BCUT2D eigenvalue weighted by Gasteiger charge is 2.28. The van der Waals surface area contributed by atoms with Crippen molar-refractivity contribution in [2.75, 3.05) is 19.6 Å². The SMILES string of the molecule is CC(C)C[NH2+]CCC(=O)N(CCC(=O)O)Cc1ccccc1.O=C([O-])C(F)(F)F. The van der Waals surface area contributed by atoms with E-state index in [1.807, 2.05) is 30.3 Å². The van der Waals surface area contributed by atoms with Crippen molar-refractivity contribution in [1.29, 1.82) is 0 Å². The number of hydrogen-bond acceptors (Lipinski definition) is 4. The predicted octanol–water partition coefficient (Wildman–Crippen LogP) is 0.398. The van der Waals surface area contributed by atoms with Gasteiger partial charge in [0.15, 0.2) is 0 Å². The topological polar surface area (TPSA) is 114 Å². The molecule has 164 valence electrons. The minimum atomic E-state index is -5.19. The van der Waals surface area contributed by atoms with E-state index in [4.69, 9.17) is 15.0 Å². The van der Waals surface area contributed by atoms with Crippen molar-refractivity contribution in [3.05, 3.63) is 35.9 Å². The van der Waals surface area contributed by atoms with Gasteiger partial charge in [0.1, 0.15) is 5.97 Å². The summed E-state index contributed by atoms with van der Waals surface area (Å²) < 4.78 is 31.5. The second kappa shape index (κ2) is 13.5. The maximum Gasteiger partial charge on any atom is 0.430 e. The number of halogens is 3. The first-order chi connectivity index (χ1) is 13.4. The van der Waals surface area contributed by atoms with Gasteiger partial charge in [-0.2, -0.15) is 13.2 Å². The molecule has 0 aliphatic rings. The van der Waals surface area contributed by atoms with Crippen LogP contribution in [0.15, 0.2) is 30.3 Å². The van der Waals surface area contributed by atoms with Gasteiger partial charge in [-0.1, -0.05) is 44.2 Å². The van der Waals surface area contributed by atoms with Crippen molar-refractivity contribution in [1.82, 2.24) is 4.90 Å². The van der Waals surface area contributed by atoms with E-state index in [-0.39, 0.29) is 18.9 Å². The maximum atomic E-state index is 12.3. The van der Waals surface area contributed by atoms with E-state index < -0.39 is 18.1 Å². The van der Waals surface area contributed by atoms with Crippen molar-refractivity contribution < 1.29 is 43.1 Å². The van der Waals surface area contributed by atoms with E-state index in [9.17, 15) is 22.8 Å². The average molecular weight is 420 g/mol.